The van der Waals surface area contributed by atoms with Gasteiger partial charge in [-0.1, -0.05) is 17.7 Å². The van der Waals surface area contributed by atoms with Gasteiger partial charge >= 0.3 is 11.7 Å². The molecule has 0 fully saturated rings. The van der Waals surface area contributed by atoms with E-state index >= 15 is 0 Å². The maximum absolute atomic E-state index is 12.5. The highest BCUT2D eigenvalue weighted by molar-refractivity contribution is 5.94. The van der Waals surface area contributed by atoms with Gasteiger partial charge < -0.3 is 14.8 Å². The van der Waals surface area contributed by atoms with E-state index in [2.05, 4.69) is 5.32 Å². The Morgan fingerprint density at radius 1 is 1.12 bits per heavy atom. The van der Waals surface area contributed by atoms with Crippen LogP contribution >= 0.6 is 0 Å². The van der Waals surface area contributed by atoms with Crippen molar-refractivity contribution in [1.82, 2.24) is 4.57 Å². The number of hydrogen-bond donors (Lipinski definition) is 2. The number of oxazole rings is 1. The molecule has 1 heterocycles. The molecule has 0 spiro atoms. The van der Waals surface area contributed by atoms with Gasteiger partial charge in [0, 0.05) is 5.69 Å². The van der Waals surface area contributed by atoms with Crippen LogP contribution in [0.4, 0.5) is 5.69 Å². The number of anilines is 1. The molecular formula is C19H18N2O5. The van der Waals surface area contributed by atoms with Gasteiger partial charge in [-0.15, -0.1) is 0 Å². The van der Waals surface area contributed by atoms with Crippen LogP contribution in [0.2, 0.25) is 0 Å². The molecule has 0 aliphatic carbocycles. The fraction of sp³-hybridized carbons (Fsp3) is 0.211. The van der Waals surface area contributed by atoms with Gasteiger partial charge in [-0.25, -0.2) is 9.59 Å². The number of hydrogen-bond acceptors (Lipinski definition) is 4. The van der Waals surface area contributed by atoms with Crippen LogP contribution in [0.1, 0.15) is 27.0 Å². The zero-order chi connectivity index (χ0) is 19.0. The Hall–Kier alpha value is -3.35. The fourth-order valence-electron chi connectivity index (χ4n) is 3.04. The van der Waals surface area contributed by atoms with Crippen molar-refractivity contribution in [3.8, 4) is 0 Å². The molecule has 26 heavy (non-hydrogen) atoms. The molecule has 7 heteroatoms. The molecule has 2 N–H and O–H groups in total. The number of aromatic carboxylic acids is 1. The Balaban J connectivity index is 1.93. The van der Waals surface area contributed by atoms with Crippen molar-refractivity contribution in [2.24, 2.45) is 0 Å². The predicted molar refractivity (Wildman–Crippen MR) is 96.7 cm³/mol. The van der Waals surface area contributed by atoms with Crippen LogP contribution in [0.15, 0.2) is 39.5 Å². The van der Waals surface area contributed by atoms with Crippen molar-refractivity contribution in [2.75, 3.05) is 5.32 Å². The van der Waals surface area contributed by atoms with Crippen LogP contribution in [-0.4, -0.2) is 21.6 Å². The lowest BCUT2D eigenvalue weighted by Crippen LogP contribution is -2.25. The second-order valence-corrected chi connectivity index (χ2v) is 6.26. The SMILES string of the molecule is Cc1cc(C)c(NC(=O)Cn2c(=O)oc3ccc(C(=O)O)cc32)c(C)c1. The third-order valence-electron chi connectivity index (χ3n) is 4.16. The smallest absolute Gasteiger partial charge is 0.420 e. The normalized spacial score (nSPS) is 10.9. The fourth-order valence-corrected chi connectivity index (χ4v) is 3.04. The summed E-state index contributed by atoms with van der Waals surface area (Å²) in [6, 6.07) is 7.99. The van der Waals surface area contributed by atoms with Gasteiger partial charge in [-0.2, -0.15) is 0 Å². The second-order valence-electron chi connectivity index (χ2n) is 6.26. The monoisotopic (exact) mass is 354 g/mol. The van der Waals surface area contributed by atoms with E-state index in [-0.39, 0.29) is 23.2 Å². The Morgan fingerprint density at radius 2 is 1.77 bits per heavy atom. The quantitative estimate of drug-likeness (QED) is 0.750. The van der Waals surface area contributed by atoms with Crippen molar-refractivity contribution >= 4 is 28.7 Å². The minimum absolute atomic E-state index is 0.0117. The van der Waals surface area contributed by atoms with Crippen molar-refractivity contribution in [2.45, 2.75) is 27.3 Å². The topological polar surface area (TPSA) is 102 Å². The number of nitrogens with zero attached hydrogens (tertiary/aromatic N) is 1. The van der Waals surface area contributed by atoms with E-state index in [0.29, 0.717) is 5.69 Å². The van der Waals surface area contributed by atoms with E-state index in [1.165, 1.54) is 18.2 Å². The van der Waals surface area contributed by atoms with Gasteiger partial charge in [0.05, 0.1) is 11.1 Å². The maximum atomic E-state index is 12.5. The highest BCUT2D eigenvalue weighted by atomic mass is 16.4. The molecule has 1 aromatic heterocycles. The molecule has 0 aliphatic rings. The predicted octanol–water partition coefficient (Wildman–Crippen LogP) is 2.86. The third-order valence-corrected chi connectivity index (χ3v) is 4.16. The van der Waals surface area contributed by atoms with E-state index in [1.807, 2.05) is 32.9 Å². The first kappa shape index (κ1) is 17.5. The van der Waals surface area contributed by atoms with E-state index in [4.69, 9.17) is 9.52 Å². The average Bonchev–Trinajstić information content (AvgIpc) is 2.86. The van der Waals surface area contributed by atoms with Gasteiger partial charge in [0.1, 0.15) is 6.54 Å². The molecular weight excluding hydrogens is 336 g/mol. The zero-order valence-corrected chi connectivity index (χ0v) is 14.6. The summed E-state index contributed by atoms with van der Waals surface area (Å²) in [5.74, 6) is -2.23. The number of aromatic nitrogens is 1. The summed E-state index contributed by atoms with van der Waals surface area (Å²) in [5.41, 5.74) is 4.15. The lowest BCUT2D eigenvalue weighted by Gasteiger charge is -2.13. The molecule has 3 rings (SSSR count). The molecule has 1 amide bonds. The first-order chi connectivity index (χ1) is 12.3. The van der Waals surface area contributed by atoms with E-state index in [9.17, 15) is 14.4 Å². The summed E-state index contributed by atoms with van der Waals surface area (Å²) in [4.78, 5) is 35.6. The van der Waals surface area contributed by atoms with Crippen molar-refractivity contribution < 1.29 is 19.1 Å². The molecule has 2 aromatic carbocycles. The van der Waals surface area contributed by atoms with Crippen LogP contribution in [-0.2, 0) is 11.3 Å². The van der Waals surface area contributed by atoms with E-state index in [0.717, 1.165) is 21.3 Å². The first-order valence-corrected chi connectivity index (χ1v) is 8.00. The maximum Gasteiger partial charge on any atom is 0.420 e. The summed E-state index contributed by atoms with van der Waals surface area (Å²) in [7, 11) is 0. The van der Waals surface area contributed by atoms with Gasteiger partial charge in [-0.3, -0.25) is 9.36 Å². The minimum atomic E-state index is -1.12. The number of carboxylic acid groups (broad SMARTS) is 1. The number of carbonyl (C=O) groups excluding carboxylic acids is 1. The number of benzene rings is 2. The van der Waals surface area contributed by atoms with Crippen LogP contribution in [0.25, 0.3) is 11.1 Å². The van der Waals surface area contributed by atoms with Crippen molar-refractivity contribution in [3.05, 3.63) is 63.1 Å². The number of nitrogens with one attached hydrogen (secondary N) is 1. The molecule has 134 valence electrons. The highest BCUT2D eigenvalue weighted by Crippen LogP contribution is 2.22. The standard InChI is InChI=1S/C19H18N2O5/c1-10-6-11(2)17(12(3)7-10)20-16(22)9-21-14-8-13(18(23)24)4-5-15(14)26-19(21)25/h4-8H,9H2,1-3H3,(H,20,22)(H,23,24). The lowest BCUT2D eigenvalue weighted by atomic mass is 10.1. The van der Waals surface area contributed by atoms with Crippen LogP contribution < -0.4 is 11.1 Å². The Labute approximate surface area is 148 Å². The average molecular weight is 354 g/mol. The molecule has 0 bridgehead atoms. The Bertz CT molecular complexity index is 1070. The van der Waals surface area contributed by atoms with Gasteiger partial charge in [0.25, 0.3) is 0 Å². The van der Waals surface area contributed by atoms with Crippen LogP contribution in [0.5, 0.6) is 0 Å². The first-order valence-electron chi connectivity index (χ1n) is 8.00. The van der Waals surface area contributed by atoms with Gasteiger partial charge in [0.2, 0.25) is 5.91 Å². The largest absolute Gasteiger partial charge is 0.478 e. The number of aryl methyl sites for hydroxylation is 3. The molecule has 0 unspecified atom stereocenters. The van der Waals surface area contributed by atoms with Crippen LogP contribution in [0.3, 0.4) is 0 Å². The Morgan fingerprint density at radius 3 is 2.38 bits per heavy atom. The third kappa shape index (κ3) is 3.23. The Kier molecular flexibility index (Phi) is 4.38. The number of carbonyl (C=O) groups is 2. The van der Waals surface area contributed by atoms with Gasteiger partial charge in [-0.05, 0) is 50.1 Å². The van der Waals surface area contributed by atoms with Crippen molar-refractivity contribution in [3.63, 3.8) is 0 Å². The molecule has 7 nitrogen and oxygen atoms in total. The molecule has 3 aromatic rings. The van der Waals surface area contributed by atoms with E-state index < -0.39 is 17.6 Å². The molecule has 0 atom stereocenters. The number of carboxylic acids is 1. The lowest BCUT2D eigenvalue weighted by molar-refractivity contribution is -0.116. The summed E-state index contributed by atoms with van der Waals surface area (Å²) >= 11 is 0. The molecule has 0 saturated carbocycles. The summed E-state index contributed by atoms with van der Waals surface area (Å²) in [6.07, 6.45) is 0. The number of fused-ring (bicyclic) bond motifs is 1. The van der Waals surface area contributed by atoms with E-state index in [1.54, 1.807) is 0 Å². The number of rotatable bonds is 4. The summed E-state index contributed by atoms with van der Waals surface area (Å²) in [6.45, 7) is 5.49. The second kappa shape index (κ2) is 6.51. The van der Waals surface area contributed by atoms with Gasteiger partial charge in [0.15, 0.2) is 5.58 Å². The molecule has 0 saturated heterocycles. The molecule has 0 radical (unpaired) electrons. The highest BCUT2D eigenvalue weighted by Gasteiger charge is 2.16. The van der Waals surface area contributed by atoms with Crippen LogP contribution in [0, 0.1) is 20.8 Å². The minimum Gasteiger partial charge on any atom is -0.478 e. The summed E-state index contributed by atoms with van der Waals surface area (Å²) in [5, 5.41) is 11.9. The summed E-state index contributed by atoms with van der Waals surface area (Å²) < 4.78 is 6.20. The van der Waals surface area contributed by atoms with Crippen molar-refractivity contribution in [1.29, 1.82) is 0 Å². The zero-order valence-electron chi connectivity index (χ0n) is 14.6. The molecule has 0 aliphatic heterocycles. The number of amides is 1.